The Morgan fingerprint density at radius 1 is 1.22 bits per heavy atom. The zero-order chi connectivity index (χ0) is 15.6. The van der Waals surface area contributed by atoms with Crippen molar-refractivity contribution < 1.29 is 4.74 Å². The molecule has 4 rings (SSSR count). The lowest BCUT2D eigenvalue weighted by Crippen LogP contribution is -2.27. The van der Waals surface area contributed by atoms with E-state index >= 15 is 0 Å². The fourth-order valence-corrected chi connectivity index (χ4v) is 3.22. The number of nitrogens with zero attached hydrogens (tertiary/aromatic N) is 3. The second-order valence-corrected chi connectivity index (χ2v) is 6.02. The van der Waals surface area contributed by atoms with Gasteiger partial charge in [0.25, 0.3) is 5.56 Å². The summed E-state index contributed by atoms with van der Waals surface area (Å²) in [4.78, 5) is 17.0. The van der Waals surface area contributed by atoms with Crippen LogP contribution < -0.4 is 5.56 Å². The Kier molecular flexibility index (Phi) is 3.71. The molecular weight excluding hydrogens is 290 g/mol. The summed E-state index contributed by atoms with van der Waals surface area (Å²) in [6, 6.07) is 7.93. The summed E-state index contributed by atoms with van der Waals surface area (Å²) in [6.07, 6.45) is 9.70. The van der Waals surface area contributed by atoms with Gasteiger partial charge in [0.1, 0.15) is 5.52 Å². The van der Waals surface area contributed by atoms with Gasteiger partial charge in [0.05, 0.1) is 12.6 Å². The second kappa shape index (κ2) is 6.01. The van der Waals surface area contributed by atoms with Crippen LogP contribution in [0.5, 0.6) is 0 Å². The van der Waals surface area contributed by atoms with Crippen molar-refractivity contribution >= 4 is 10.9 Å². The molecule has 3 aromatic heterocycles. The maximum atomic E-state index is 12.9. The molecule has 5 nitrogen and oxygen atoms in total. The zero-order valence-corrected chi connectivity index (χ0v) is 12.9. The van der Waals surface area contributed by atoms with E-state index in [1.807, 2.05) is 47.4 Å². The van der Waals surface area contributed by atoms with Crippen LogP contribution in [-0.2, 0) is 17.8 Å². The van der Waals surface area contributed by atoms with Crippen LogP contribution in [0.3, 0.4) is 0 Å². The standard InChI is InChI=1S/C18H19N3O2/c22-18-17-15(6-9-21(18)13-16-4-2-10-23-16)5-8-20(17)12-14-3-1-7-19-11-14/h1,3,5-9,11,16H,2,4,10,12-13H2. The SMILES string of the molecule is O=c1c2c(ccn1CC1CCCO1)ccn2Cc1cccnc1. The molecule has 0 bridgehead atoms. The lowest BCUT2D eigenvalue weighted by atomic mass is 10.2. The number of aromatic nitrogens is 3. The minimum Gasteiger partial charge on any atom is -0.376 e. The first-order valence-corrected chi connectivity index (χ1v) is 8.00. The third kappa shape index (κ3) is 2.80. The van der Waals surface area contributed by atoms with Crippen molar-refractivity contribution in [3.05, 3.63) is 65.0 Å². The van der Waals surface area contributed by atoms with Crippen LogP contribution in [0.25, 0.3) is 10.9 Å². The van der Waals surface area contributed by atoms with Crippen molar-refractivity contribution in [2.75, 3.05) is 6.61 Å². The summed E-state index contributed by atoms with van der Waals surface area (Å²) in [7, 11) is 0. The molecule has 0 aromatic carbocycles. The van der Waals surface area contributed by atoms with Gasteiger partial charge in [-0.3, -0.25) is 9.78 Å². The number of pyridine rings is 2. The van der Waals surface area contributed by atoms with Crippen LogP contribution in [0.1, 0.15) is 18.4 Å². The van der Waals surface area contributed by atoms with Gasteiger partial charge in [0.2, 0.25) is 0 Å². The normalized spacial score (nSPS) is 17.8. The van der Waals surface area contributed by atoms with Gasteiger partial charge in [0.15, 0.2) is 0 Å². The predicted molar refractivity (Wildman–Crippen MR) is 88.5 cm³/mol. The van der Waals surface area contributed by atoms with Gasteiger partial charge in [-0.25, -0.2) is 0 Å². The Hall–Kier alpha value is -2.40. The van der Waals surface area contributed by atoms with E-state index in [1.54, 1.807) is 10.8 Å². The maximum Gasteiger partial charge on any atom is 0.275 e. The van der Waals surface area contributed by atoms with E-state index in [2.05, 4.69) is 4.98 Å². The number of fused-ring (bicyclic) bond motifs is 1. The second-order valence-electron chi connectivity index (χ2n) is 6.02. The van der Waals surface area contributed by atoms with Gasteiger partial charge in [-0.15, -0.1) is 0 Å². The summed E-state index contributed by atoms with van der Waals surface area (Å²) < 4.78 is 9.43. The molecule has 118 valence electrons. The first-order chi connectivity index (χ1) is 11.3. The van der Waals surface area contributed by atoms with Crippen LogP contribution in [0.2, 0.25) is 0 Å². The van der Waals surface area contributed by atoms with E-state index in [4.69, 9.17) is 4.74 Å². The molecule has 0 saturated carbocycles. The molecule has 0 aliphatic carbocycles. The molecule has 0 radical (unpaired) electrons. The smallest absolute Gasteiger partial charge is 0.275 e. The zero-order valence-electron chi connectivity index (χ0n) is 12.9. The van der Waals surface area contributed by atoms with Crippen molar-refractivity contribution in [2.24, 2.45) is 0 Å². The molecule has 23 heavy (non-hydrogen) atoms. The Bertz CT molecular complexity index is 861. The fourth-order valence-electron chi connectivity index (χ4n) is 3.22. The molecule has 1 saturated heterocycles. The van der Waals surface area contributed by atoms with Crippen LogP contribution in [-0.4, -0.2) is 26.8 Å². The highest BCUT2D eigenvalue weighted by Gasteiger charge is 2.17. The minimum absolute atomic E-state index is 0.0480. The van der Waals surface area contributed by atoms with Crippen LogP contribution in [0, 0.1) is 0 Å². The van der Waals surface area contributed by atoms with Crippen LogP contribution in [0.4, 0.5) is 0 Å². The number of hydrogen-bond acceptors (Lipinski definition) is 3. The monoisotopic (exact) mass is 309 g/mol. The number of rotatable bonds is 4. The number of hydrogen-bond donors (Lipinski definition) is 0. The molecule has 1 fully saturated rings. The van der Waals surface area contributed by atoms with Crippen molar-refractivity contribution in [1.29, 1.82) is 0 Å². The Labute approximate surface area is 134 Å². The van der Waals surface area contributed by atoms with E-state index in [0.29, 0.717) is 13.1 Å². The highest BCUT2D eigenvalue weighted by atomic mass is 16.5. The van der Waals surface area contributed by atoms with Crippen LogP contribution >= 0.6 is 0 Å². The highest BCUT2D eigenvalue weighted by molar-refractivity contribution is 5.79. The average molecular weight is 309 g/mol. The molecule has 1 atom stereocenters. The molecule has 0 N–H and O–H groups in total. The van der Waals surface area contributed by atoms with E-state index in [0.717, 1.165) is 35.9 Å². The molecule has 0 amide bonds. The first-order valence-electron chi connectivity index (χ1n) is 8.00. The maximum absolute atomic E-state index is 12.9. The lowest BCUT2D eigenvalue weighted by Gasteiger charge is -2.12. The van der Waals surface area contributed by atoms with Gasteiger partial charge in [0, 0.05) is 43.3 Å². The van der Waals surface area contributed by atoms with Crippen molar-refractivity contribution in [1.82, 2.24) is 14.1 Å². The summed E-state index contributed by atoms with van der Waals surface area (Å²) in [5.74, 6) is 0. The average Bonchev–Trinajstić information content (AvgIpc) is 3.21. The summed E-state index contributed by atoms with van der Waals surface area (Å²) in [5.41, 5.74) is 1.88. The van der Waals surface area contributed by atoms with E-state index < -0.39 is 0 Å². The quantitative estimate of drug-likeness (QED) is 0.743. The Balaban J connectivity index is 1.70. The summed E-state index contributed by atoms with van der Waals surface area (Å²) in [6.45, 7) is 2.09. The largest absolute Gasteiger partial charge is 0.376 e. The minimum atomic E-state index is 0.0480. The molecule has 5 heteroatoms. The van der Waals surface area contributed by atoms with E-state index in [-0.39, 0.29) is 11.7 Å². The van der Waals surface area contributed by atoms with Crippen molar-refractivity contribution in [3.8, 4) is 0 Å². The summed E-state index contributed by atoms with van der Waals surface area (Å²) in [5, 5.41) is 0.975. The van der Waals surface area contributed by atoms with Crippen LogP contribution in [0.15, 0.2) is 53.8 Å². The molecular formula is C18H19N3O2. The fraction of sp³-hybridized carbons (Fsp3) is 0.333. The van der Waals surface area contributed by atoms with E-state index in [1.165, 1.54) is 0 Å². The third-order valence-electron chi connectivity index (χ3n) is 4.39. The Morgan fingerprint density at radius 3 is 2.83 bits per heavy atom. The van der Waals surface area contributed by atoms with Gasteiger partial charge in [-0.05, 0) is 36.6 Å². The van der Waals surface area contributed by atoms with E-state index in [9.17, 15) is 4.79 Å². The molecule has 4 heterocycles. The Morgan fingerprint density at radius 2 is 2.09 bits per heavy atom. The lowest BCUT2D eigenvalue weighted by molar-refractivity contribution is 0.0963. The van der Waals surface area contributed by atoms with Gasteiger partial charge >= 0.3 is 0 Å². The predicted octanol–water partition coefficient (Wildman–Crippen LogP) is 2.43. The molecule has 0 spiro atoms. The molecule has 1 aliphatic heterocycles. The molecule has 1 unspecified atom stereocenters. The summed E-state index contributed by atoms with van der Waals surface area (Å²) >= 11 is 0. The van der Waals surface area contributed by atoms with Gasteiger partial charge < -0.3 is 13.9 Å². The molecule has 3 aromatic rings. The van der Waals surface area contributed by atoms with Crippen molar-refractivity contribution in [3.63, 3.8) is 0 Å². The first kappa shape index (κ1) is 14.2. The highest BCUT2D eigenvalue weighted by Crippen LogP contribution is 2.16. The van der Waals surface area contributed by atoms with Crippen molar-refractivity contribution in [2.45, 2.75) is 32.0 Å². The van der Waals surface area contributed by atoms with Gasteiger partial charge in [-0.2, -0.15) is 0 Å². The topological polar surface area (TPSA) is 49.0 Å². The van der Waals surface area contributed by atoms with Gasteiger partial charge in [-0.1, -0.05) is 6.07 Å². The third-order valence-corrected chi connectivity index (χ3v) is 4.39. The number of ether oxygens (including phenoxy) is 1. The molecule has 1 aliphatic rings.